The van der Waals surface area contributed by atoms with Crippen molar-refractivity contribution in [2.24, 2.45) is 0 Å². The molecule has 2 heterocycles. The molecule has 27 heavy (non-hydrogen) atoms. The SMILES string of the molecule is O=C(c1ccoc1)N1CCC(NS(=O)(=O)c2ccccc2C(F)(F)F)CC1. The second kappa shape index (κ2) is 7.35. The summed E-state index contributed by atoms with van der Waals surface area (Å²) in [6.45, 7) is 0.580. The fourth-order valence-electron chi connectivity index (χ4n) is 2.99. The van der Waals surface area contributed by atoms with Crippen molar-refractivity contribution in [3.63, 3.8) is 0 Å². The lowest BCUT2D eigenvalue weighted by Gasteiger charge is -2.32. The highest BCUT2D eigenvalue weighted by Crippen LogP contribution is 2.34. The smallest absolute Gasteiger partial charge is 0.417 e. The van der Waals surface area contributed by atoms with Crippen LogP contribution in [0.2, 0.25) is 0 Å². The molecule has 1 fully saturated rings. The molecular weight excluding hydrogens is 385 g/mol. The monoisotopic (exact) mass is 402 g/mol. The molecule has 0 radical (unpaired) electrons. The lowest BCUT2D eigenvalue weighted by molar-refractivity contribution is -0.139. The summed E-state index contributed by atoms with van der Waals surface area (Å²) in [6.07, 6.45) is -1.46. The Morgan fingerprint density at radius 3 is 2.41 bits per heavy atom. The molecule has 1 N–H and O–H groups in total. The molecule has 1 saturated heterocycles. The summed E-state index contributed by atoms with van der Waals surface area (Å²) in [5.41, 5.74) is -0.807. The lowest BCUT2D eigenvalue weighted by Crippen LogP contribution is -2.46. The van der Waals surface area contributed by atoms with E-state index in [2.05, 4.69) is 4.72 Å². The van der Waals surface area contributed by atoms with Crippen molar-refractivity contribution in [2.75, 3.05) is 13.1 Å². The van der Waals surface area contributed by atoms with Crippen LogP contribution in [-0.2, 0) is 16.2 Å². The zero-order chi connectivity index (χ0) is 19.7. The highest BCUT2D eigenvalue weighted by atomic mass is 32.2. The van der Waals surface area contributed by atoms with Gasteiger partial charge in [-0.2, -0.15) is 13.2 Å². The standard InChI is InChI=1S/C17H17F3N2O4S/c18-17(19,20)14-3-1-2-4-15(14)27(24,25)21-13-5-8-22(9-6-13)16(23)12-7-10-26-11-12/h1-4,7,10-11,13,21H,5-6,8-9H2. The summed E-state index contributed by atoms with van der Waals surface area (Å²) in [5, 5.41) is 0. The number of amides is 1. The van der Waals surface area contributed by atoms with Crippen molar-refractivity contribution in [2.45, 2.75) is 30.0 Å². The average molecular weight is 402 g/mol. The predicted molar refractivity (Wildman–Crippen MR) is 89.4 cm³/mol. The molecule has 1 aromatic carbocycles. The number of halogens is 3. The number of sulfonamides is 1. The second-order valence-electron chi connectivity index (χ2n) is 6.19. The summed E-state index contributed by atoms with van der Waals surface area (Å²) in [4.78, 5) is 13.0. The largest absolute Gasteiger partial charge is 0.472 e. The number of rotatable bonds is 4. The molecule has 10 heteroatoms. The third kappa shape index (κ3) is 4.33. The second-order valence-corrected chi connectivity index (χ2v) is 7.88. The van der Waals surface area contributed by atoms with Crippen LogP contribution >= 0.6 is 0 Å². The minimum Gasteiger partial charge on any atom is -0.472 e. The van der Waals surface area contributed by atoms with Gasteiger partial charge in [0.1, 0.15) is 6.26 Å². The first-order chi connectivity index (χ1) is 12.7. The fraction of sp³-hybridized carbons (Fsp3) is 0.353. The number of piperidine rings is 1. The topological polar surface area (TPSA) is 79.6 Å². The third-order valence-electron chi connectivity index (χ3n) is 4.35. The van der Waals surface area contributed by atoms with Crippen LogP contribution < -0.4 is 4.72 Å². The molecule has 1 aliphatic rings. The molecule has 0 saturated carbocycles. The Labute approximate surface area is 154 Å². The van der Waals surface area contributed by atoms with Gasteiger partial charge in [-0.05, 0) is 31.0 Å². The average Bonchev–Trinajstić information content (AvgIpc) is 3.15. The van der Waals surface area contributed by atoms with Gasteiger partial charge < -0.3 is 9.32 Å². The third-order valence-corrected chi connectivity index (χ3v) is 5.93. The molecule has 6 nitrogen and oxygen atoms in total. The summed E-state index contributed by atoms with van der Waals surface area (Å²) in [5.74, 6) is -0.229. The van der Waals surface area contributed by atoms with E-state index in [-0.39, 0.29) is 19.0 Å². The first kappa shape index (κ1) is 19.4. The molecule has 0 aliphatic carbocycles. The van der Waals surface area contributed by atoms with Crippen LogP contribution in [0.1, 0.15) is 28.8 Å². The molecule has 3 rings (SSSR count). The number of nitrogens with zero attached hydrogens (tertiary/aromatic N) is 1. The zero-order valence-electron chi connectivity index (χ0n) is 14.1. The van der Waals surface area contributed by atoms with Gasteiger partial charge in [0.2, 0.25) is 10.0 Å². The van der Waals surface area contributed by atoms with E-state index in [4.69, 9.17) is 4.42 Å². The summed E-state index contributed by atoms with van der Waals surface area (Å²) in [6, 6.07) is 5.04. The Morgan fingerprint density at radius 2 is 1.81 bits per heavy atom. The number of benzene rings is 1. The van der Waals surface area contributed by atoms with Crippen molar-refractivity contribution < 1.29 is 30.8 Å². The van der Waals surface area contributed by atoms with E-state index in [1.165, 1.54) is 24.7 Å². The number of furan rings is 1. The van der Waals surface area contributed by atoms with Crippen LogP contribution in [0.3, 0.4) is 0 Å². The Bertz CT molecular complexity index is 903. The van der Waals surface area contributed by atoms with E-state index in [0.29, 0.717) is 18.4 Å². The van der Waals surface area contributed by atoms with E-state index in [1.54, 1.807) is 4.90 Å². The van der Waals surface area contributed by atoms with Crippen LogP contribution in [0.15, 0.2) is 52.2 Å². The van der Waals surface area contributed by atoms with Crippen molar-refractivity contribution >= 4 is 15.9 Å². The van der Waals surface area contributed by atoms with Gasteiger partial charge in [-0.1, -0.05) is 12.1 Å². The number of carbonyl (C=O) groups excluding carboxylic acids is 1. The minimum atomic E-state index is -4.77. The predicted octanol–water partition coefficient (Wildman–Crippen LogP) is 2.88. The van der Waals surface area contributed by atoms with Crippen molar-refractivity contribution in [1.82, 2.24) is 9.62 Å². The van der Waals surface area contributed by atoms with Crippen molar-refractivity contribution in [3.05, 3.63) is 54.0 Å². The van der Waals surface area contributed by atoms with Gasteiger partial charge in [-0.25, -0.2) is 13.1 Å². The van der Waals surface area contributed by atoms with Crippen molar-refractivity contribution in [1.29, 1.82) is 0 Å². The van der Waals surface area contributed by atoms with Crippen molar-refractivity contribution in [3.8, 4) is 0 Å². The Kier molecular flexibility index (Phi) is 5.29. The van der Waals surface area contributed by atoms with Crippen LogP contribution in [0.4, 0.5) is 13.2 Å². The van der Waals surface area contributed by atoms with Gasteiger partial charge in [0, 0.05) is 19.1 Å². The summed E-state index contributed by atoms with van der Waals surface area (Å²) in [7, 11) is -4.34. The number of hydrogen-bond donors (Lipinski definition) is 1. The summed E-state index contributed by atoms with van der Waals surface area (Å²) < 4.78 is 71.4. The molecular formula is C17H17F3N2O4S. The molecule has 1 aliphatic heterocycles. The Morgan fingerprint density at radius 1 is 1.15 bits per heavy atom. The van der Waals surface area contributed by atoms with Crippen LogP contribution in [0, 0.1) is 0 Å². The summed E-state index contributed by atoms with van der Waals surface area (Å²) >= 11 is 0. The van der Waals surface area contributed by atoms with E-state index in [9.17, 15) is 26.4 Å². The van der Waals surface area contributed by atoms with E-state index >= 15 is 0 Å². The van der Waals surface area contributed by atoms with E-state index in [0.717, 1.165) is 18.2 Å². The number of alkyl halides is 3. The number of hydrogen-bond acceptors (Lipinski definition) is 4. The Hall–Kier alpha value is -2.33. The molecule has 1 aromatic heterocycles. The zero-order valence-corrected chi connectivity index (χ0v) is 14.9. The first-order valence-corrected chi connectivity index (χ1v) is 9.67. The van der Waals surface area contributed by atoms with Gasteiger partial charge in [0.25, 0.3) is 5.91 Å². The van der Waals surface area contributed by atoms with E-state index in [1.807, 2.05) is 0 Å². The van der Waals surface area contributed by atoms with Gasteiger partial charge in [0.05, 0.1) is 22.3 Å². The fourth-order valence-corrected chi connectivity index (χ4v) is 4.52. The molecule has 0 spiro atoms. The number of likely N-dealkylation sites (tertiary alicyclic amines) is 1. The minimum absolute atomic E-state index is 0.229. The maximum absolute atomic E-state index is 13.1. The molecule has 2 aromatic rings. The molecule has 0 atom stereocenters. The highest BCUT2D eigenvalue weighted by Gasteiger charge is 2.37. The number of carbonyl (C=O) groups is 1. The maximum Gasteiger partial charge on any atom is 0.417 e. The molecule has 1 amide bonds. The van der Waals surface area contributed by atoms with Gasteiger partial charge >= 0.3 is 6.18 Å². The van der Waals surface area contributed by atoms with E-state index < -0.39 is 32.7 Å². The highest BCUT2D eigenvalue weighted by molar-refractivity contribution is 7.89. The normalized spacial score (nSPS) is 16.5. The molecule has 146 valence electrons. The quantitative estimate of drug-likeness (QED) is 0.853. The van der Waals surface area contributed by atoms with Crippen LogP contribution in [-0.4, -0.2) is 38.4 Å². The number of nitrogens with one attached hydrogen (secondary N) is 1. The van der Waals surface area contributed by atoms with Gasteiger partial charge in [-0.15, -0.1) is 0 Å². The van der Waals surface area contributed by atoms with Gasteiger partial charge in [0.15, 0.2) is 0 Å². The lowest BCUT2D eigenvalue weighted by atomic mass is 10.1. The Balaban J connectivity index is 1.68. The molecule has 0 unspecified atom stereocenters. The van der Waals surface area contributed by atoms with Crippen LogP contribution in [0.5, 0.6) is 0 Å². The van der Waals surface area contributed by atoms with Crippen LogP contribution in [0.25, 0.3) is 0 Å². The van der Waals surface area contributed by atoms with Gasteiger partial charge in [-0.3, -0.25) is 4.79 Å². The molecule has 0 bridgehead atoms. The first-order valence-electron chi connectivity index (χ1n) is 8.18. The maximum atomic E-state index is 13.1.